The van der Waals surface area contributed by atoms with Gasteiger partial charge in [-0.2, -0.15) is 5.10 Å². The Hall–Kier alpha value is -3.60. The number of carbonyl (C=O) groups excluding carboxylic acids is 1. The van der Waals surface area contributed by atoms with Gasteiger partial charge in [-0.3, -0.25) is 4.79 Å². The van der Waals surface area contributed by atoms with E-state index in [1.807, 2.05) is 54.6 Å². The van der Waals surface area contributed by atoms with Crippen LogP contribution in [0.25, 0.3) is 0 Å². The van der Waals surface area contributed by atoms with Gasteiger partial charge in [0.05, 0.1) is 6.21 Å². The van der Waals surface area contributed by atoms with Crippen LogP contribution in [-0.2, 0) is 6.61 Å². The SMILES string of the molecule is Nc1cccc(C(=O)N/N=C\c2ccccc2OCc2ccccc2)c1. The first-order chi connectivity index (χ1) is 12.7. The van der Waals surface area contributed by atoms with Crippen molar-refractivity contribution in [3.05, 3.63) is 95.6 Å². The van der Waals surface area contributed by atoms with Crippen molar-refractivity contribution in [3.63, 3.8) is 0 Å². The zero-order valence-electron chi connectivity index (χ0n) is 14.1. The minimum Gasteiger partial charge on any atom is -0.488 e. The summed E-state index contributed by atoms with van der Waals surface area (Å²) >= 11 is 0. The molecule has 0 radical (unpaired) electrons. The molecule has 0 atom stereocenters. The molecule has 0 aliphatic carbocycles. The van der Waals surface area contributed by atoms with Crippen LogP contribution in [-0.4, -0.2) is 12.1 Å². The second-order valence-electron chi connectivity index (χ2n) is 5.64. The Balaban J connectivity index is 1.64. The fraction of sp³-hybridized carbons (Fsp3) is 0.0476. The molecule has 3 N–H and O–H groups in total. The lowest BCUT2D eigenvalue weighted by atomic mass is 10.2. The summed E-state index contributed by atoms with van der Waals surface area (Å²) < 4.78 is 5.86. The first-order valence-corrected chi connectivity index (χ1v) is 8.17. The molecule has 0 fully saturated rings. The normalized spacial score (nSPS) is 10.6. The Morgan fingerprint density at radius 1 is 1.00 bits per heavy atom. The zero-order valence-corrected chi connectivity index (χ0v) is 14.1. The standard InChI is InChI=1S/C21H19N3O2/c22-19-11-6-10-17(13-19)21(25)24-23-14-18-9-4-5-12-20(18)26-15-16-7-2-1-3-8-16/h1-14H,15,22H2,(H,24,25)/b23-14-. The first-order valence-electron chi connectivity index (χ1n) is 8.17. The van der Waals surface area contributed by atoms with Gasteiger partial charge in [0.15, 0.2) is 0 Å². The average Bonchev–Trinajstić information content (AvgIpc) is 2.68. The number of hydrogen-bond donors (Lipinski definition) is 2. The molecule has 0 unspecified atom stereocenters. The summed E-state index contributed by atoms with van der Waals surface area (Å²) in [6.45, 7) is 0.460. The molecule has 1 amide bonds. The van der Waals surface area contributed by atoms with E-state index in [-0.39, 0.29) is 5.91 Å². The Labute approximate surface area is 152 Å². The molecule has 0 aliphatic rings. The number of nitrogens with two attached hydrogens (primary N) is 1. The maximum atomic E-state index is 12.1. The fourth-order valence-corrected chi connectivity index (χ4v) is 2.36. The highest BCUT2D eigenvalue weighted by Crippen LogP contribution is 2.17. The second kappa shape index (κ2) is 8.48. The van der Waals surface area contributed by atoms with Crippen molar-refractivity contribution in [2.75, 3.05) is 5.73 Å². The molecule has 0 spiro atoms. The first kappa shape index (κ1) is 17.2. The molecule has 0 bridgehead atoms. The lowest BCUT2D eigenvalue weighted by molar-refractivity contribution is 0.0955. The van der Waals surface area contributed by atoms with Crippen molar-refractivity contribution in [2.45, 2.75) is 6.61 Å². The molecule has 0 aliphatic heterocycles. The Bertz CT molecular complexity index is 908. The van der Waals surface area contributed by atoms with Gasteiger partial charge in [0, 0.05) is 16.8 Å². The van der Waals surface area contributed by atoms with E-state index in [9.17, 15) is 4.79 Å². The topological polar surface area (TPSA) is 76.7 Å². The predicted molar refractivity (Wildman–Crippen MR) is 103 cm³/mol. The summed E-state index contributed by atoms with van der Waals surface area (Å²) in [5.74, 6) is 0.370. The summed E-state index contributed by atoms with van der Waals surface area (Å²) in [5.41, 5.74) is 11.0. The number of hydrazone groups is 1. The van der Waals surface area contributed by atoms with Gasteiger partial charge < -0.3 is 10.5 Å². The molecule has 5 nitrogen and oxygen atoms in total. The minimum atomic E-state index is -0.323. The number of nitrogens with one attached hydrogen (secondary N) is 1. The number of amides is 1. The van der Waals surface area contributed by atoms with Gasteiger partial charge in [-0.25, -0.2) is 5.43 Å². The monoisotopic (exact) mass is 345 g/mol. The molecule has 5 heteroatoms. The van der Waals surface area contributed by atoms with Crippen LogP contribution in [0.3, 0.4) is 0 Å². The number of ether oxygens (including phenoxy) is 1. The highest BCUT2D eigenvalue weighted by Gasteiger charge is 2.05. The zero-order chi connectivity index (χ0) is 18.2. The number of benzene rings is 3. The Morgan fingerprint density at radius 2 is 1.77 bits per heavy atom. The van der Waals surface area contributed by atoms with E-state index in [1.54, 1.807) is 30.5 Å². The lowest BCUT2D eigenvalue weighted by Crippen LogP contribution is -2.17. The molecule has 3 aromatic carbocycles. The van der Waals surface area contributed by atoms with Gasteiger partial charge in [-0.1, -0.05) is 48.5 Å². The number of nitrogen functional groups attached to an aromatic ring is 1. The molecule has 0 saturated heterocycles. The van der Waals surface area contributed by atoms with Gasteiger partial charge in [0.25, 0.3) is 5.91 Å². The van der Waals surface area contributed by atoms with E-state index in [0.29, 0.717) is 23.6 Å². The van der Waals surface area contributed by atoms with E-state index in [0.717, 1.165) is 11.1 Å². The Morgan fingerprint density at radius 3 is 2.58 bits per heavy atom. The third kappa shape index (κ3) is 4.70. The third-order valence-electron chi connectivity index (χ3n) is 3.67. The van der Waals surface area contributed by atoms with Crippen molar-refractivity contribution >= 4 is 17.8 Å². The van der Waals surface area contributed by atoms with Gasteiger partial charge in [-0.15, -0.1) is 0 Å². The molecular formula is C21H19N3O2. The van der Waals surface area contributed by atoms with Crippen molar-refractivity contribution < 1.29 is 9.53 Å². The summed E-state index contributed by atoms with van der Waals surface area (Å²) in [6, 6.07) is 24.1. The number of hydrogen-bond acceptors (Lipinski definition) is 4. The molecule has 26 heavy (non-hydrogen) atoms. The van der Waals surface area contributed by atoms with E-state index >= 15 is 0 Å². The third-order valence-corrected chi connectivity index (χ3v) is 3.67. The molecule has 130 valence electrons. The molecule has 3 rings (SSSR count). The maximum absolute atomic E-state index is 12.1. The van der Waals surface area contributed by atoms with Crippen LogP contribution in [0.5, 0.6) is 5.75 Å². The van der Waals surface area contributed by atoms with Gasteiger partial charge in [0.1, 0.15) is 12.4 Å². The van der Waals surface area contributed by atoms with Gasteiger partial charge >= 0.3 is 0 Å². The van der Waals surface area contributed by atoms with Crippen LogP contribution in [0.1, 0.15) is 21.5 Å². The van der Waals surface area contributed by atoms with Crippen LogP contribution in [0.2, 0.25) is 0 Å². The van der Waals surface area contributed by atoms with Crippen LogP contribution >= 0.6 is 0 Å². The van der Waals surface area contributed by atoms with E-state index in [2.05, 4.69) is 10.5 Å². The van der Waals surface area contributed by atoms with Crippen LogP contribution in [0.4, 0.5) is 5.69 Å². The van der Waals surface area contributed by atoms with Crippen molar-refractivity contribution in [2.24, 2.45) is 5.10 Å². The minimum absolute atomic E-state index is 0.323. The van der Waals surface area contributed by atoms with Crippen LogP contribution < -0.4 is 15.9 Å². The van der Waals surface area contributed by atoms with E-state index in [1.165, 1.54) is 0 Å². The summed E-state index contributed by atoms with van der Waals surface area (Å²) in [4.78, 5) is 12.1. The highest BCUT2D eigenvalue weighted by molar-refractivity contribution is 5.95. The number of anilines is 1. The number of nitrogens with zero attached hydrogens (tertiary/aromatic N) is 1. The van der Waals surface area contributed by atoms with Crippen molar-refractivity contribution in [3.8, 4) is 5.75 Å². The smallest absolute Gasteiger partial charge is 0.271 e. The molecule has 0 aromatic heterocycles. The van der Waals surface area contributed by atoms with Crippen LogP contribution in [0, 0.1) is 0 Å². The second-order valence-corrected chi connectivity index (χ2v) is 5.64. The van der Waals surface area contributed by atoms with Crippen molar-refractivity contribution in [1.82, 2.24) is 5.43 Å². The quantitative estimate of drug-likeness (QED) is 0.407. The fourth-order valence-electron chi connectivity index (χ4n) is 2.36. The van der Waals surface area contributed by atoms with Gasteiger partial charge in [0.2, 0.25) is 0 Å². The molecule has 0 heterocycles. The van der Waals surface area contributed by atoms with Crippen LogP contribution in [0.15, 0.2) is 84.0 Å². The summed E-state index contributed by atoms with van der Waals surface area (Å²) in [5, 5.41) is 4.02. The summed E-state index contributed by atoms with van der Waals surface area (Å²) in [7, 11) is 0. The lowest BCUT2D eigenvalue weighted by Gasteiger charge is -2.09. The maximum Gasteiger partial charge on any atom is 0.271 e. The average molecular weight is 345 g/mol. The van der Waals surface area contributed by atoms with Crippen molar-refractivity contribution in [1.29, 1.82) is 0 Å². The number of rotatable bonds is 6. The molecule has 3 aromatic rings. The highest BCUT2D eigenvalue weighted by atomic mass is 16.5. The molecular weight excluding hydrogens is 326 g/mol. The Kier molecular flexibility index (Phi) is 5.62. The molecule has 0 saturated carbocycles. The predicted octanol–water partition coefficient (Wildman–Crippen LogP) is 3.61. The van der Waals surface area contributed by atoms with E-state index < -0.39 is 0 Å². The number of carbonyl (C=O) groups is 1. The largest absolute Gasteiger partial charge is 0.488 e. The van der Waals surface area contributed by atoms with E-state index in [4.69, 9.17) is 10.5 Å². The number of para-hydroxylation sites is 1. The summed E-state index contributed by atoms with van der Waals surface area (Å²) in [6.07, 6.45) is 1.56. The van der Waals surface area contributed by atoms with Gasteiger partial charge in [-0.05, 0) is 35.9 Å².